The number of carbonyl (C=O) groups is 1. The van der Waals surface area contributed by atoms with Crippen LogP contribution in [0.25, 0.3) is 0 Å². The van der Waals surface area contributed by atoms with Crippen molar-refractivity contribution in [2.24, 2.45) is 0 Å². The average molecular weight is 402 g/mol. The predicted octanol–water partition coefficient (Wildman–Crippen LogP) is 3.45. The van der Waals surface area contributed by atoms with Gasteiger partial charge in [0.05, 0.1) is 18.8 Å². The lowest BCUT2D eigenvalue weighted by Gasteiger charge is -2.32. The van der Waals surface area contributed by atoms with Crippen molar-refractivity contribution in [3.63, 3.8) is 0 Å². The molecule has 2 rings (SSSR count). The Bertz CT molecular complexity index is 749. The summed E-state index contributed by atoms with van der Waals surface area (Å²) in [6.45, 7) is 4.99. The first-order valence-corrected chi connectivity index (χ1v) is 9.74. The number of nitrogens with one attached hydrogen (secondary N) is 1. The molecule has 0 saturated heterocycles. The maximum absolute atomic E-state index is 12.1. The molecule has 0 aliphatic heterocycles. The van der Waals surface area contributed by atoms with E-state index in [4.69, 9.17) is 9.47 Å². The third-order valence-electron chi connectivity index (χ3n) is 4.44. The fourth-order valence-corrected chi connectivity index (χ4v) is 2.75. The third-order valence-corrected chi connectivity index (χ3v) is 4.44. The predicted molar refractivity (Wildman–Crippen MR) is 112 cm³/mol. The number of rotatable bonds is 9. The van der Waals surface area contributed by atoms with E-state index >= 15 is 0 Å². The van der Waals surface area contributed by atoms with Crippen LogP contribution in [0.1, 0.15) is 38.3 Å². The first-order chi connectivity index (χ1) is 13.8. The van der Waals surface area contributed by atoms with Gasteiger partial charge in [0.2, 0.25) is 0 Å². The van der Waals surface area contributed by atoms with Gasteiger partial charge in [0.15, 0.2) is 0 Å². The second-order valence-electron chi connectivity index (χ2n) is 8.14. The van der Waals surface area contributed by atoms with Crippen LogP contribution in [0.15, 0.2) is 54.6 Å². The zero-order valence-electron chi connectivity index (χ0n) is 17.4. The largest absolute Gasteiger partial charge is 0.489 e. The minimum absolute atomic E-state index is 0.365. The van der Waals surface area contributed by atoms with Crippen molar-refractivity contribution in [3.05, 3.63) is 65.7 Å². The molecule has 0 aliphatic rings. The van der Waals surface area contributed by atoms with Crippen LogP contribution in [-0.4, -0.2) is 40.7 Å². The van der Waals surface area contributed by atoms with Crippen molar-refractivity contribution in [2.75, 3.05) is 13.2 Å². The standard InChI is InChI=1S/C23H31NO5/c1-22(2,3)29-21(27)24-23(16-25,17-26)14-13-18-9-11-20(12-10-18)28-15-19-7-5-4-6-8-19/h4-12,25-26H,13-17H2,1-3H3,(H,24,27). The number of alkyl carbamates (subject to hydrolysis) is 1. The van der Waals surface area contributed by atoms with Gasteiger partial charge in [-0.1, -0.05) is 42.5 Å². The summed E-state index contributed by atoms with van der Waals surface area (Å²) in [7, 11) is 0. The van der Waals surface area contributed by atoms with Crippen LogP contribution >= 0.6 is 0 Å². The maximum atomic E-state index is 12.1. The molecule has 2 aromatic rings. The Labute approximate surface area is 172 Å². The zero-order chi connectivity index (χ0) is 21.3. The van der Waals surface area contributed by atoms with Gasteiger partial charge < -0.3 is 25.0 Å². The van der Waals surface area contributed by atoms with E-state index in [-0.39, 0.29) is 13.2 Å². The first-order valence-electron chi connectivity index (χ1n) is 9.74. The number of carbonyl (C=O) groups excluding carboxylic acids is 1. The number of aliphatic hydroxyl groups excluding tert-OH is 2. The number of hydrogen-bond donors (Lipinski definition) is 3. The van der Waals surface area contributed by atoms with Gasteiger partial charge in [0.1, 0.15) is 18.0 Å². The quantitative estimate of drug-likeness (QED) is 0.599. The summed E-state index contributed by atoms with van der Waals surface area (Å²) in [4.78, 5) is 12.1. The van der Waals surface area contributed by atoms with Crippen molar-refractivity contribution in [1.29, 1.82) is 0 Å². The summed E-state index contributed by atoms with van der Waals surface area (Å²) in [5.74, 6) is 0.764. The highest BCUT2D eigenvalue weighted by molar-refractivity contribution is 5.68. The highest BCUT2D eigenvalue weighted by atomic mass is 16.6. The normalized spacial score (nSPS) is 11.8. The van der Waals surface area contributed by atoms with Crippen LogP contribution in [0.3, 0.4) is 0 Å². The van der Waals surface area contributed by atoms with Crippen LogP contribution in [0.4, 0.5) is 4.79 Å². The van der Waals surface area contributed by atoms with Gasteiger partial charge >= 0.3 is 6.09 Å². The van der Waals surface area contributed by atoms with Crippen molar-refractivity contribution >= 4 is 6.09 Å². The molecule has 29 heavy (non-hydrogen) atoms. The first kappa shape index (κ1) is 22.7. The van der Waals surface area contributed by atoms with E-state index in [9.17, 15) is 15.0 Å². The molecule has 1 amide bonds. The summed E-state index contributed by atoms with van der Waals surface area (Å²) in [5.41, 5.74) is 0.302. The monoisotopic (exact) mass is 401 g/mol. The molecule has 6 heteroatoms. The minimum atomic E-state index is -1.15. The van der Waals surface area contributed by atoms with Crippen LogP contribution in [0.5, 0.6) is 5.75 Å². The molecule has 0 heterocycles. The number of hydrogen-bond acceptors (Lipinski definition) is 5. The van der Waals surface area contributed by atoms with Gasteiger partial charge in [-0.3, -0.25) is 0 Å². The Morgan fingerprint density at radius 3 is 2.10 bits per heavy atom. The van der Waals surface area contributed by atoms with Crippen LogP contribution in [0, 0.1) is 0 Å². The fourth-order valence-electron chi connectivity index (χ4n) is 2.75. The topological polar surface area (TPSA) is 88.0 Å². The van der Waals surface area contributed by atoms with E-state index in [1.165, 1.54) is 0 Å². The fraction of sp³-hybridized carbons (Fsp3) is 0.435. The summed E-state index contributed by atoms with van der Waals surface area (Å²) in [5, 5.41) is 22.2. The summed E-state index contributed by atoms with van der Waals surface area (Å²) < 4.78 is 11.0. The lowest BCUT2D eigenvalue weighted by Crippen LogP contribution is -2.55. The second kappa shape index (κ2) is 10.3. The van der Waals surface area contributed by atoms with Crippen LogP contribution in [-0.2, 0) is 17.8 Å². The molecule has 0 unspecified atom stereocenters. The van der Waals surface area contributed by atoms with Crippen molar-refractivity contribution in [3.8, 4) is 5.75 Å². The van der Waals surface area contributed by atoms with Gasteiger partial charge in [0, 0.05) is 0 Å². The number of ether oxygens (including phenoxy) is 2. The molecule has 0 radical (unpaired) electrons. The lowest BCUT2D eigenvalue weighted by atomic mass is 9.93. The molecule has 2 aromatic carbocycles. The molecule has 6 nitrogen and oxygen atoms in total. The van der Waals surface area contributed by atoms with Gasteiger partial charge in [0.25, 0.3) is 0 Å². The molecule has 3 N–H and O–H groups in total. The lowest BCUT2D eigenvalue weighted by molar-refractivity contribution is 0.0276. The van der Waals surface area contributed by atoms with E-state index < -0.39 is 17.2 Å². The molecule has 0 bridgehead atoms. The van der Waals surface area contributed by atoms with Gasteiger partial charge in [-0.05, 0) is 56.9 Å². The van der Waals surface area contributed by atoms with Crippen molar-refractivity contribution < 1.29 is 24.5 Å². The Kier molecular flexibility index (Phi) is 8.05. The Morgan fingerprint density at radius 2 is 1.55 bits per heavy atom. The number of aliphatic hydroxyl groups is 2. The Balaban J connectivity index is 1.91. The SMILES string of the molecule is CC(C)(C)OC(=O)NC(CO)(CO)CCc1ccc(OCc2ccccc2)cc1. The number of amides is 1. The van der Waals surface area contributed by atoms with Crippen molar-refractivity contribution in [2.45, 2.75) is 51.4 Å². The van der Waals surface area contributed by atoms with Gasteiger partial charge in [-0.2, -0.15) is 0 Å². The summed E-state index contributed by atoms with van der Waals surface area (Å²) >= 11 is 0. The highest BCUT2D eigenvalue weighted by Gasteiger charge is 2.32. The van der Waals surface area contributed by atoms with Crippen molar-refractivity contribution in [1.82, 2.24) is 5.32 Å². The van der Waals surface area contributed by atoms with Crippen LogP contribution in [0.2, 0.25) is 0 Å². The smallest absolute Gasteiger partial charge is 0.408 e. The molecular formula is C23H31NO5. The Hall–Kier alpha value is -2.57. The molecule has 0 fully saturated rings. The minimum Gasteiger partial charge on any atom is -0.489 e. The number of aryl methyl sites for hydroxylation is 1. The summed E-state index contributed by atoms with van der Waals surface area (Å²) in [6, 6.07) is 17.6. The van der Waals surface area contributed by atoms with Gasteiger partial charge in [-0.25, -0.2) is 4.79 Å². The molecule has 158 valence electrons. The van der Waals surface area contributed by atoms with Crippen LogP contribution < -0.4 is 10.1 Å². The maximum Gasteiger partial charge on any atom is 0.408 e. The van der Waals surface area contributed by atoms with E-state index in [0.717, 1.165) is 16.9 Å². The third kappa shape index (κ3) is 7.75. The molecule has 0 saturated carbocycles. The molecule has 0 aliphatic carbocycles. The molecule has 0 aromatic heterocycles. The zero-order valence-corrected chi connectivity index (χ0v) is 17.4. The van der Waals surface area contributed by atoms with E-state index in [1.54, 1.807) is 20.8 Å². The highest BCUT2D eigenvalue weighted by Crippen LogP contribution is 2.19. The second-order valence-corrected chi connectivity index (χ2v) is 8.14. The van der Waals surface area contributed by atoms with E-state index in [1.807, 2.05) is 54.6 Å². The molecular weight excluding hydrogens is 370 g/mol. The average Bonchev–Trinajstić information content (AvgIpc) is 2.70. The summed E-state index contributed by atoms with van der Waals surface area (Å²) in [6.07, 6.45) is 0.268. The molecule has 0 atom stereocenters. The molecule has 0 spiro atoms. The Morgan fingerprint density at radius 1 is 0.931 bits per heavy atom. The number of benzene rings is 2. The van der Waals surface area contributed by atoms with E-state index in [2.05, 4.69) is 5.32 Å². The van der Waals surface area contributed by atoms with E-state index in [0.29, 0.717) is 19.4 Å². The van der Waals surface area contributed by atoms with Gasteiger partial charge in [-0.15, -0.1) is 0 Å².